The summed E-state index contributed by atoms with van der Waals surface area (Å²) < 4.78 is 55.8. The van der Waals surface area contributed by atoms with Crippen LogP contribution in [0.15, 0.2) is 36.9 Å². The SMILES string of the molecule is C=C(c1ccc(OC)c(OC2OC(COC(C)=O)C(OC(C)=O)C(OC(C)=O)C2OC(C)=O)c1)c1cc(OC)c(OC)c(OC)c1. The van der Waals surface area contributed by atoms with Gasteiger partial charge in [-0.05, 0) is 41.0 Å². The number of hydrogen-bond donors (Lipinski definition) is 0. The van der Waals surface area contributed by atoms with Crippen LogP contribution in [0.25, 0.3) is 5.57 Å². The monoisotopic (exact) mass is 646 g/mol. The topological polar surface area (TPSA) is 161 Å². The van der Waals surface area contributed by atoms with E-state index in [0.717, 1.165) is 20.8 Å². The zero-order valence-electron chi connectivity index (χ0n) is 26.9. The van der Waals surface area contributed by atoms with E-state index in [1.54, 1.807) is 30.3 Å². The van der Waals surface area contributed by atoms with Crippen molar-refractivity contribution in [3.63, 3.8) is 0 Å². The molecule has 46 heavy (non-hydrogen) atoms. The molecule has 14 nitrogen and oxygen atoms in total. The Morgan fingerprint density at radius 3 is 1.67 bits per heavy atom. The third kappa shape index (κ3) is 8.59. The molecule has 0 bridgehead atoms. The van der Waals surface area contributed by atoms with Gasteiger partial charge in [0.15, 0.2) is 35.2 Å². The molecule has 0 radical (unpaired) electrons. The van der Waals surface area contributed by atoms with Crippen LogP contribution in [0.3, 0.4) is 0 Å². The minimum atomic E-state index is -1.47. The summed E-state index contributed by atoms with van der Waals surface area (Å²) >= 11 is 0. The van der Waals surface area contributed by atoms with Crippen LogP contribution >= 0.6 is 0 Å². The summed E-state index contributed by atoms with van der Waals surface area (Å²) in [6, 6.07) is 8.43. The Labute approximate surface area is 266 Å². The summed E-state index contributed by atoms with van der Waals surface area (Å²) in [4.78, 5) is 48.1. The number of rotatable bonds is 13. The van der Waals surface area contributed by atoms with E-state index in [1.807, 2.05) is 0 Å². The number of carbonyl (C=O) groups excluding carboxylic acids is 4. The van der Waals surface area contributed by atoms with E-state index in [1.165, 1.54) is 35.4 Å². The highest BCUT2D eigenvalue weighted by atomic mass is 16.7. The molecule has 14 heteroatoms. The number of ether oxygens (including phenoxy) is 10. The van der Waals surface area contributed by atoms with Gasteiger partial charge >= 0.3 is 23.9 Å². The summed E-state index contributed by atoms with van der Waals surface area (Å²) in [7, 11) is 5.91. The van der Waals surface area contributed by atoms with Crippen LogP contribution in [0.4, 0.5) is 0 Å². The first-order valence-electron chi connectivity index (χ1n) is 14.0. The molecule has 5 unspecified atom stereocenters. The third-order valence-corrected chi connectivity index (χ3v) is 6.72. The number of benzene rings is 2. The fourth-order valence-corrected chi connectivity index (χ4v) is 4.79. The fraction of sp³-hybridized carbons (Fsp3) is 0.438. The number of hydrogen-bond acceptors (Lipinski definition) is 14. The quantitative estimate of drug-likeness (QED) is 0.230. The minimum absolute atomic E-state index is 0.120. The molecule has 3 rings (SSSR count). The predicted octanol–water partition coefficient (Wildman–Crippen LogP) is 3.24. The molecular formula is C32H38O14. The van der Waals surface area contributed by atoms with Gasteiger partial charge in [0, 0.05) is 27.7 Å². The molecule has 0 spiro atoms. The Morgan fingerprint density at radius 2 is 1.17 bits per heavy atom. The Bertz CT molecular complexity index is 1430. The van der Waals surface area contributed by atoms with Crippen molar-refractivity contribution in [3.05, 3.63) is 48.0 Å². The molecule has 2 aromatic rings. The second-order valence-electron chi connectivity index (χ2n) is 9.94. The summed E-state index contributed by atoms with van der Waals surface area (Å²) in [6.45, 7) is 8.40. The lowest BCUT2D eigenvalue weighted by Crippen LogP contribution is -2.63. The summed E-state index contributed by atoms with van der Waals surface area (Å²) in [6.07, 6.45) is -6.85. The van der Waals surface area contributed by atoms with Crippen molar-refractivity contribution in [2.75, 3.05) is 35.0 Å². The van der Waals surface area contributed by atoms with Crippen molar-refractivity contribution < 1.29 is 66.5 Å². The van der Waals surface area contributed by atoms with E-state index in [2.05, 4.69) is 6.58 Å². The van der Waals surface area contributed by atoms with E-state index in [0.29, 0.717) is 33.9 Å². The molecule has 1 heterocycles. The maximum absolute atomic E-state index is 12.2. The van der Waals surface area contributed by atoms with Crippen molar-refractivity contribution in [1.29, 1.82) is 0 Å². The van der Waals surface area contributed by atoms with E-state index in [4.69, 9.17) is 47.4 Å². The molecule has 0 N–H and O–H groups in total. The van der Waals surface area contributed by atoms with E-state index in [-0.39, 0.29) is 11.5 Å². The molecule has 0 amide bonds. The van der Waals surface area contributed by atoms with Crippen molar-refractivity contribution in [1.82, 2.24) is 0 Å². The highest BCUT2D eigenvalue weighted by Gasteiger charge is 2.53. The van der Waals surface area contributed by atoms with Gasteiger partial charge in [0.25, 0.3) is 0 Å². The largest absolute Gasteiger partial charge is 0.493 e. The molecule has 0 saturated carbocycles. The van der Waals surface area contributed by atoms with Gasteiger partial charge in [-0.25, -0.2) is 0 Å². The van der Waals surface area contributed by atoms with Crippen LogP contribution in [-0.2, 0) is 42.9 Å². The lowest BCUT2D eigenvalue weighted by molar-refractivity contribution is -0.288. The molecule has 2 aromatic carbocycles. The number of esters is 4. The third-order valence-electron chi connectivity index (χ3n) is 6.72. The second-order valence-corrected chi connectivity index (χ2v) is 9.94. The Balaban J connectivity index is 2.09. The summed E-state index contributed by atoms with van der Waals surface area (Å²) in [5.74, 6) is -1.32. The van der Waals surface area contributed by atoms with Crippen LogP contribution < -0.4 is 23.7 Å². The van der Waals surface area contributed by atoms with Gasteiger partial charge in [-0.3, -0.25) is 19.2 Å². The van der Waals surface area contributed by atoms with Crippen LogP contribution in [0.2, 0.25) is 0 Å². The Hall–Kier alpha value is -4.98. The van der Waals surface area contributed by atoms with Gasteiger partial charge in [-0.15, -0.1) is 0 Å². The molecular weight excluding hydrogens is 608 g/mol. The highest BCUT2D eigenvalue weighted by molar-refractivity contribution is 5.81. The van der Waals surface area contributed by atoms with Crippen molar-refractivity contribution in [2.24, 2.45) is 0 Å². The van der Waals surface area contributed by atoms with Crippen molar-refractivity contribution in [3.8, 4) is 28.7 Å². The van der Waals surface area contributed by atoms with Gasteiger partial charge < -0.3 is 47.4 Å². The van der Waals surface area contributed by atoms with Crippen LogP contribution in [0.5, 0.6) is 28.7 Å². The first-order chi connectivity index (χ1) is 21.8. The fourth-order valence-electron chi connectivity index (χ4n) is 4.79. The predicted molar refractivity (Wildman–Crippen MR) is 160 cm³/mol. The highest BCUT2D eigenvalue weighted by Crippen LogP contribution is 2.42. The Morgan fingerprint density at radius 1 is 0.652 bits per heavy atom. The molecule has 0 aromatic heterocycles. The minimum Gasteiger partial charge on any atom is -0.493 e. The maximum Gasteiger partial charge on any atom is 0.303 e. The average Bonchev–Trinajstić information content (AvgIpc) is 3.00. The Kier molecular flexibility index (Phi) is 12.2. The van der Waals surface area contributed by atoms with Gasteiger partial charge in [-0.2, -0.15) is 0 Å². The zero-order valence-corrected chi connectivity index (χ0v) is 26.9. The first-order valence-corrected chi connectivity index (χ1v) is 14.0. The number of methoxy groups -OCH3 is 4. The van der Waals surface area contributed by atoms with Crippen LogP contribution in [-0.4, -0.2) is 89.6 Å². The molecule has 1 saturated heterocycles. The second kappa shape index (κ2) is 15.8. The average molecular weight is 647 g/mol. The van der Waals surface area contributed by atoms with E-state index >= 15 is 0 Å². The van der Waals surface area contributed by atoms with Crippen molar-refractivity contribution in [2.45, 2.75) is 58.4 Å². The summed E-state index contributed by atoms with van der Waals surface area (Å²) in [5, 5.41) is 0. The molecule has 1 fully saturated rings. The normalized spacial score (nSPS) is 20.4. The first kappa shape index (κ1) is 35.5. The lowest BCUT2D eigenvalue weighted by Gasteiger charge is -2.44. The molecule has 5 atom stereocenters. The van der Waals surface area contributed by atoms with E-state index < -0.39 is 61.2 Å². The standard InChI is InChI=1S/C32H38O14/c1-16(22-13-25(38-7)28(40-9)26(14-22)39-8)21-10-11-23(37-6)24(12-21)45-32-31(44-20(5)36)30(43-19(4)35)29(42-18(3)34)27(46-32)15-41-17(2)33/h10-14,27,29-32H,1,15H2,2-9H3. The smallest absolute Gasteiger partial charge is 0.303 e. The van der Waals surface area contributed by atoms with Gasteiger partial charge in [0.1, 0.15) is 12.7 Å². The van der Waals surface area contributed by atoms with Gasteiger partial charge in [0.05, 0.1) is 28.4 Å². The van der Waals surface area contributed by atoms with Gasteiger partial charge in [-0.1, -0.05) is 12.6 Å². The van der Waals surface area contributed by atoms with Gasteiger partial charge in [0.2, 0.25) is 18.1 Å². The maximum atomic E-state index is 12.2. The van der Waals surface area contributed by atoms with Crippen LogP contribution in [0, 0.1) is 0 Å². The molecule has 1 aliphatic rings. The zero-order chi connectivity index (χ0) is 34.1. The molecule has 0 aliphatic carbocycles. The lowest BCUT2D eigenvalue weighted by atomic mass is 9.97. The molecule has 1 aliphatic heterocycles. The number of carbonyl (C=O) groups is 4. The van der Waals surface area contributed by atoms with E-state index in [9.17, 15) is 19.2 Å². The molecule has 250 valence electrons. The van der Waals surface area contributed by atoms with Crippen molar-refractivity contribution >= 4 is 29.5 Å². The van der Waals surface area contributed by atoms with Crippen LogP contribution in [0.1, 0.15) is 38.8 Å². The summed E-state index contributed by atoms with van der Waals surface area (Å²) in [5.41, 5.74) is 1.75.